The summed E-state index contributed by atoms with van der Waals surface area (Å²) in [7, 11) is -1.90. The number of sulfonamides is 1. The van der Waals surface area contributed by atoms with E-state index in [2.05, 4.69) is 0 Å². The summed E-state index contributed by atoms with van der Waals surface area (Å²) in [5.74, 6) is -0.137. The molecule has 3 rings (SSSR count). The number of aryl methyl sites for hydroxylation is 1. The van der Waals surface area contributed by atoms with Gasteiger partial charge in [0.1, 0.15) is 0 Å². The minimum absolute atomic E-state index is 0.0548. The van der Waals surface area contributed by atoms with Gasteiger partial charge in [-0.2, -0.15) is 0 Å². The van der Waals surface area contributed by atoms with Gasteiger partial charge in [-0.15, -0.1) is 0 Å². The van der Waals surface area contributed by atoms with Gasteiger partial charge in [0.15, 0.2) is 5.78 Å². The standard InChI is InChI=1S/C19H17ClN2O3S/c1-22-12-16(19(23)14-5-3-2-4-6-14)18(20)17(22)11-13-7-9-15(10-8-13)26(21,24)25/h2-10,12H,11H2,1H3,(H2,21,24,25). The predicted octanol–water partition coefficient (Wildman–Crippen LogP) is 3.15. The molecule has 0 radical (unpaired) electrons. The highest BCUT2D eigenvalue weighted by molar-refractivity contribution is 7.89. The fourth-order valence-electron chi connectivity index (χ4n) is 2.73. The Morgan fingerprint density at radius 3 is 2.27 bits per heavy atom. The number of carbonyl (C=O) groups is 1. The van der Waals surface area contributed by atoms with Crippen LogP contribution in [0, 0.1) is 0 Å². The number of aromatic nitrogens is 1. The number of hydrogen-bond acceptors (Lipinski definition) is 3. The molecule has 2 N–H and O–H groups in total. The molecule has 7 heteroatoms. The average Bonchev–Trinajstić information content (AvgIpc) is 2.90. The molecule has 0 aliphatic heterocycles. The maximum absolute atomic E-state index is 12.7. The molecule has 0 aliphatic carbocycles. The third kappa shape index (κ3) is 3.72. The summed E-state index contributed by atoms with van der Waals surface area (Å²) in [6, 6.07) is 15.2. The molecular weight excluding hydrogens is 372 g/mol. The summed E-state index contributed by atoms with van der Waals surface area (Å²) in [4.78, 5) is 12.7. The Morgan fingerprint density at radius 2 is 1.69 bits per heavy atom. The molecule has 0 atom stereocenters. The van der Waals surface area contributed by atoms with Gasteiger partial charge in [-0.3, -0.25) is 4.79 Å². The first kappa shape index (κ1) is 18.4. The fraction of sp³-hybridized carbons (Fsp3) is 0.105. The normalized spacial score (nSPS) is 11.5. The van der Waals surface area contributed by atoms with Crippen molar-refractivity contribution >= 4 is 27.4 Å². The zero-order chi connectivity index (χ0) is 18.9. The van der Waals surface area contributed by atoms with Crippen molar-refractivity contribution in [1.82, 2.24) is 4.57 Å². The Morgan fingerprint density at radius 1 is 1.08 bits per heavy atom. The van der Waals surface area contributed by atoms with E-state index in [1.165, 1.54) is 12.1 Å². The third-order valence-corrected chi connectivity index (χ3v) is 5.49. The first-order valence-electron chi connectivity index (χ1n) is 7.82. The number of ketones is 1. The SMILES string of the molecule is Cn1cc(C(=O)c2ccccc2)c(Cl)c1Cc1ccc(S(N)(=O)=O)cc1. The molecule has 0 bridgehead atoms. The molecule has 0 spiro atoms. The van der Waals surface area contributed by atoms with Crippen molar-refractivity contribution in [3.05, 3.63) is 88.2 Å². The molecule has 1 aromatic heterocycles. The largest absolute Gasteiger partial charge is 0.352 e. The van der Waals surface area contributed by atoms with Gasteiger partial charge in [-0.05, 0) is 17.7 Å². The van der Waals surface area contributed by atoms with E-state index in [-0.39, 0.29) is 10.7 Å². The lowest BCUT2D eigenvalue weighted by atomic mass is 10.0. The van der Waals surface area contributed by atoms with Gasteiger partial charge in [-0.25, -0.2) is 13.6 Å². The summed E-state index contributed by atoms with van der Waals surface area (Å²) in [6.45, 7) is 0. The predicted molar refractivity (Wildman–Crippen MR) is 101 cm³/mol. The second-order valence-electron chi connectivity index (χ2n) is 5.98. The molecule has 0 saturated heterocycles. The maximum atomic E-state index is 12.7. The number of nitrogens with two attached hydrogens (primary N) is 1. The Bertz CT molecular complexity index is 1060. The van der Waals surface area contributed by atoms with E-state index < -0.39 is 10.0 Å². The van der Waals surface area contributed by atoms with Crippen LogP contribution in [0.15, 0.2) is 65.7 Å². The second-order valence-corrected chi connectivity index (χ2v) is 7.91. The summed E-state index contributed by atoms with van der Waals surface area (Å²) >= 11 is 6.47. The van der Waals surface area contributed by atoms with Crippen LogP contribution in [-0.2, 0) is 23.5 Å². The van der Waals surface area contributed by atoms with Crippen LogP contribution in [0.5, 0.6) is 0 Å². The Labute approximate surface area is 157 Å². The van der Waals surface area contributed by atoms with Crippen LogP contribution < -0.4 is 5.14 Å². The Balaban J connectivity index is 1.90. The molecule has 0 amide bonds. The van der Waals surface area contributed by atoms with Gasteiger partial charge in [0.05, 0.1) is 15.5 Å². The first-order valence-corrected chi connectivity index (χ1v) is 9.75. The van der Waals surface area contributed by atoms with Crippen molar-refractivity contribution in [2.45, 2.75) is 11.3 Å². The lowest BCUT2D eigenvalue weighted by Gasteiger charge is -2.06. The van der Waals surface area contributed by atoms with Crippen molar-refractivity contribution in [2.24, 2.45) is 12.2 Å². The van der Waals surface area contributed by atoms with Crippen molar-refractivity contribution < 1.29 is 13.2 Å². The molecule has 2 aromatic carbocycles. The van der Waals surface area contributed by atoms with Crippen LogP contribution in [0.3, 0.4) is 0 Å². The van der Waals surface area contributed by atoms with Crippen molar-refractivity contribution in [1.29, 1.82) is 0 Å². The van der Waals surface area contributed by atoms with Crippen LogP contribution in [0.1, 0.15) is 27.2 Å². The molecule has 0 aliphatic rings. The van der Waals surface area contributed by atoms with Crippen molar-refractivity contribution in [3.63, 3.8) is 0 Å². The number of halogens is 1. The maximum Gasteiger partial charge on any atom is 0.238 e. The molecule has 1 heterocycles. The van der Waals surface area contributed by atoms with Gasteiger partial charge in [-0.1, -0.05) is 54.1 Å². The van der Waals surface area contributed by atoms with E-state index >= 15 is 0 Å². The number of carbonyl (C=O) groups excluding carboxylic acids is 1. The number of rotatable bonds is 5. The van der Waals surface area contributed by atoms with Crippen LogP contribution in [-0.4, -0.2) is 18.8 Å². The Kier molecular flexibility index (Phi) is 5.00. The number of benzene rings is 2. The van der Waals surface area contributed by atoms with E-state index in [4.69, 9.17) is 16.7 Å². The molecule has 0 fully saturated rings. The number of nitrogens with zero attached hydrogens (tertiary/aromatic N) is 1. The fourth-order valence-corrected chi connectivity index (χ4v) is 3.58. The summed E-state index contributed by atoms with van der Waals surface area (Å²) < 4.78 is 24.5. The Hall–Kier alpha value is -2.41. The van der Waals surface area contributed by atoms with Crippen molar-refractivity contribution in [3.8, 4) is 0 Å². The second kappa shape index (κ2) is 7.07. The van der Waals surface area contributed by atoms with Gasteiger partial charge in [0, 0.05) is 30.9 Å². The minimum Gasteiger partial charge on any atom is -0.352 e. The van der Waals surface area contributed by atoms with Crippen LogP contribution in [0.4, 0.5) is 0 Å². The van der Waals surface area contributed by atoms with E-state index in [0.717, 1.165) is 11.3 Å². The van der Waals surface area contributed by atoms with Crippen LogP contribution in [0.25, 0.3) is 0 Å². The molecule has 26 heavy (non-hydrogen) atoms. The van der Waals surface area contributed by atoms with E-state index in [1.54, 1.807) is 42.6 Å². The van der Waals surface area contributed by atoms with E-state index in [0.29, 0.717) is 22.6 Å². The zero-order valence-electron chi connectivity index (χ0n) is 14.0. The van der Waals surface area contributed by atoms with Crippen LogP contribution in [0.2, 0.25) is 5.02 Å². The zero-order valence-corrected chi connectivity index (χ0v) is 15.6. The number of hydrogen-bond donors (Lipinski definition) is 1. The summed E-state index contributed by atoms with van der Waals surface area (Å²) in [5, 5.41) is 5.51. The molecular formula is C19H17ClN2O3S. The molecule has 5 nitrogen and oxygen atoms in total. The average molecular weight is 389 g/mol. The number of primary sulfonamides is 1. The molecule has 3 aromatic rings. The molecule has 0 saturated carbocycles. The minimum atomic E-state index is -3.72. The summed E-state index contributed by atoms with van der Waals surface area (Å²) in [6.07, 6.45) is 2.17. The monoisotopic (exact) mass is 388 g/mol. The van der Waals surface area contributed by atoms with E-state index in [1.807, 2.05) is 17.7 Å². The smallest absolute Gasteiger partial charge is 0.238 e. The first-order chi connectivity index (χ1) is 12.3. The van der Waals surface area contributed by atoms with E-state index in [9.17, 15) is 13.2 Å². The summed E-state index contributed by atoms with van der Waals surface area (Å²) in [5.41, 5.74) is 2.65. The highest BCUT2D eigenvalue weighted by Gasteiger charge is 2.19. The van der Waals surface area contributed by atoms with Crippen molar-refractivity contribution in [2.75, 3.05) is 0 Å². The van der Waals surface area contributed by atoms with Gasteiger partial charge >= 0.3 is 0 Å². The van der Waals surface area contributed by atoms with Gasteiger partial charge in [0.25, 0.3) is 0 Å². The lowest BCUT2D eigenvalue weighted by Crippen LogP contribution is -2.12. The lowest BCUT2D eigenvalue weighted by molar-refractivity contribution is 0.103. The highest BCUT2D eigenvalue weighted by Crippen LogP contribution is 2.27. The third-order valence-electron chi connectivity index (χ3n) is 4.14. The van der Waals surface area contributed by atoms with Gasteiger partial charge < -0.3 is 4.57 Å². The molecule has 134 valence electrons. The topological polar surface area (TPSA) is 82.2 Å². The quantitative estimate of drug-likeness (QED) is 0.681. The van der Waals surface area contributed by atoms with Gasteiger partial charge in [0.2, 0.25) is 10.0 Å². The highest BCUT2D eigenvalue weighted by atomic mass is 35.5. The van der Waals surface area contributed by atoms with Crippen LogP contribution >= 0.6 is 11.6 Å². The molecule has 0 unspecified atom stereocenters.